The lowest BCUT2D eigenvalue weighted by Gasteiger charge is -2.12. The van der Waals surface area contributed by atoms with Crippen LogP contribution in [0.3, 0.4) is 0 Å². The molecule has 0 spiro atoms. The molecule has 0 fully saturated rings. The Morgan fingerprint density at radius 2 is 1.81 bits per heavy atom. The van der Waals surface area contributed by atoms with E-state index in [9.17, 15) is 8.78 Å². The van der Waals surface area contributed by atoms with Crippen LogP contribution in [0, 0.1) is 11.6 Å². The number of nitrogens with one attached hydrogen (secondary N) is 2. The largest absolute Gasteiger partial charge is 0.368 e. The average Bonchev–Trinajstić information content (AvgIpc) is 2.44. The van der Waals surface area contributed by atoms with Crippen molar-refractivity contribution in [1.29, 1.82) is 0 Å². The Hall–Kier alpha value is -1.59. The van der Waals surface area contributed by atoms with E-state index in [0.29, 0.717) is 22.3 Å². The van der Waals surface area contributed by atoms with Crippen LogP contribution in [-0.4, -0.2) is 11.5 Å². The summed E-state index contributed by atoms with van der Waals surface area (Å²) in [5, 5.41) is 6.30. The lowest BCUT2D eigenvalue weighted by molar-refractivity contribution is 0.579. The number of benzene rings is 1. The van der Waals surface area contributed by atoms with Gasteiger partial charge in [-0.25, -0.2) is 13.8 Å². The molecule has 2 aromatic rings. The van der Waals surface area contributed by atoms with E-state index in [0.717, 1.165) is 12.5 Å². The maximum Gasteiger partial charge on any atom is 0.169 e. The van der Waals surface area contributed by atoms with Crippen LogP contribution in [0.15, 0.2) is 24.3 Å². The van der Waals surface area contributed by atoms with Gasteiger partial charge in [0.1, 0.15) is 0 Å². The molecule has 0 amide bonds. The molecule has 112 valence electrons. The highest BCUT2D eigenvalue weighted by Crippen LogP contribution is 2.29. The second kappa shape index (κ2) is 6.91. The SMILES string of the molecule is CCCNc1nc(Nc2cc(Cl)ccc2Cl)c(F)cc1F. The first-order chi connectivity index (χ1) is 10.0. The van der Waals surface area contributed by atoms with Crippen molar-refractivity contribution in [2.24, 2.45) is 0 Å². The van der Waals surface area contributed by atoms with E-state index < -0.39 is 11.6 Å². The fraction of sp³-hybridized carbons (Fsp3) is 0.214. The molecule has 7 heteroatoms. The molecule has 0 bridgehead atoms. The van der Waals surface area contributed by atoms with E-state index in [-0.39, 0.29) is 11.6 Å². The molecule has 0 aliphatic carbocycles. The Kier molecular flexibility index (Phi) is 5.20. The van der Waals surface area contributed by atoms with Gasteiger partial charge >= 0.3 is 0 Å². The summed E-state index contributed by atoms with van der Waals surface area (Å²) in [5.74, 6) is -1.70. The molecular formula is C14H13Cl2F2N3. The standard InChI is InChI=1S/C14H13Cl2F2N3/c1-2-5-19-13-10(17)7-11(18)14(21-13)20-12-6-8(15)3-4-9(12)16/h3-4,6-7H,2,5H2,1H3,(H2,19,20,21). The molecule has 1 aromatic heterocycles. The van der Waals surface area contributed by atoms with E-state index in [1.807, 2.05) is 6.92 Å². The maximum absolute atomic E-state index is 13.8. The number of aromatic nitrogens is 1. The van der Waals surface area contributed by atoms with Crippen LogP contribution in [0.4, 0.5) is 26.1 Å². The lowest BCUT2D eigenvalue weighted by atomic mass is 10.3. The van der Waals surface area contributed by atoms with E-state index in [1.54, 1.807) is 12.1 Å². The molecule has 0 radical (unpaired) electrons. The molecule has 0 saturated heterocycles. The van der Waals surface area contributed by atoms with Crippen molar-refractivity contribution in [2.75, 3.05) is 17.2 Å². The van der Waals surface area contributed by atoms with Gasteiger partial charge in [-0.1, -0.05) is 30.1 Å². The van der Waals surface area contributed by atoms with Gasteiger partial charge in [-0.3, -0.25) is 0 Å². The van der Waals surface area contributed by atoms with Crippen LogP contribution < -0.4 is 10.6 Å². The molecular weight excluding hydrogens is 319 g/mol. The number of rotatable bonds is 5. The van der Waals surface area contributed by atoms with E-state index in [2.05, 4.69) is 15.6 Å². The summed E-state index contributed by atoms with van der Waals surface area (Å²) in [6, 6.07) is 5.49. The van der Waals surface area contributed by atoms with Crippen molar-refractivity contribution in [2.45, 2.75) is 13.3 Å². The van der Waals surface area contributed by atoms with Crippen LogP contribution in [0.25, 0.3) is 0 Å². The third kappa shape index (κ3) is 3.95. The minimum Gasteiger partial charge on any atom is -0.368 e. The molecule has 21 heavy (non-hydrogen) atoms. The first-order valence-corrected chi connectivity index (χ1v) is 7.09. The fourth-order valence-electron chi connectivity index (χ4n) is 1.64. The molecule has 2 N–H and O–H groups in total. The summed E-state index contributed by atoms with van der Waals surface area (Å²) in [4.78, 5) is 3.90. The van der Waals surface area contributed by atoms with Crippen molar-refractivity contribution >= 4 is 40.5 Å². The lowest BCUT2D eigenvalue weighted by Crippen LogP contribution is -2.07. The van der Waals surface area contributed by atoms with Gasteiger partial charge in [-0.15, -0.1) is 0 Å². The number of hydrogen-bond acceptors (Lipinski definition) is 3. The van der Waals surface area contributed by atoms with Gasteiger partial charge in [0.2, 0.25) is 0 Å². The van der Waals surface area contributed by atoms with Crippen LogP contribution in [-0.2, 0) is 0 Å². The third-order valence-electron chi connectivity index (χ3n) is 2.65. The second-order valence-electron chi connectivity index (χ2n) is 4.33. The predicted octanol–water partition coefficient (Wildman–Crippen LogP) is 5.23. The van der Waals surface area contributed by atoms with Gasteiger partial charge in [-0.05, 0) is 24.6 Å². The molecule has 2 rings (SSSR count). The normalized spacial score (nSPS) is 10.5. The minimum absolute atomic E-state index is 0.0149. The molecule has 3 nitrogen and oxygen atoms in total. The highest BCUT2D eigenvalue weighted by molar-refractivity contribution is 6.35. The Balaban J connectivity index is 2.32. The van der Waals surface area contributed by atoms with E-state index in [4.69, 9.17) is 23.2 Å². The Bertz CT molecular complexity index is 650. The Labute approximate surface area is 131 Å². The number of halogens is 4. The molecule has 1 heterocycles. The summed E-state index contributed by atoms with van der Waals surface area (Å²) in [6.45, 7) is 2.46. The number of anilines is 3. The van der Waals surface area contributed by atoms with Gasteiger partial charge < -0.3 is 10.6 Å². The second-order valence-corrected chi connectivity index (χ2v) is 5.17. The Morgan fingerprint density at radius 3 is 2.52 bits per heavy atom. The van der Waals surface area contributed by atoms with Gasteiger partial charge in [0.15, 0.2) is 23.3 Å². The quantitative estimate of drug-likeness (QED) is 0.787. The highest BCUT2D eigenvalue weighted by Gasteiger charge is 2.13. The first-order valence-electron chi connectivity index (χ1n) is 6.33. The van der Waals surface area contributed by atoms with E-state index in [1.165, 1.54) is 6.07 Å². The molecule has 0 saturated carbocycles. The van der Waals surface area contributed by atoms with Gasteiger partial charge in [0, 0.05) is 17.6 Å². The summed E-state index contributed by atoms with van der Waals surface area (Å²) in [6.07, 6.45) is 0.793. The topological polar surface area (TPSA) is 37.0 Å². The average molecular weight is 332 g/mol. The number of pyridine rings is 1. The van der Waals surface area contributed by atoms with E-state index >= 15 is 0 Å². The van der Waals surface area contributed by atoms with Crippen molar-refractivity contribution < 1.29 is 8.78 Å². The summed E-state index contributed by atoms with van der Waals surface area (Å²) >= 11 is 11.9. The molecule has 0 atom stereocenters. The molecule has 1 aromatic carbocycles. The molecule has 0 aliphatic rings. The van der Waals surface area contributed by atoms with Crippen LogP contribution in [0.1, 0.15) is 13.3 Å². The predicted molar refractivity (Wildman–Crippen MR) is 82.7 cm³/mol. The summed E-state index contributed by atoms with van der Waals surface area (Å²) in [5.41, 5.74) is 0.392. The summed E-state index contributed by atoms with van der Waals surface area (Å²) < 4.78 is 27.4. The number of nitrogens with zero attached hydrogens (tertiary/aromatic N) is 1. The van der Waals surface area contributed by atoms with Gasteiger partial charge in [-0.2, -0.15) is 0 Å². The van der Waals surface area contributed by atoms with Crippen LogP contribution in [0.5, 0.6) is 0 Å². The maximum atomic E-state index is 13.8. The van der Waals surface area contributed by atoms with Crippen molar-refractivity contribution in [3.63, 3.8) is 0 Å². The van der Waals surface area contributed by atoms with Gasteiger partial charge in [0.25, 0.3) is 0 Å². The number of hydrogen-bond donors (Lipinski definition) is 2. The fourth-order valence-corrected chi connectivity index (χ4v) is 1.98. The zero-order valence-corrected chi connectivity index (χ0v) is 12.7. The van der Waals surface area contributed by atoms with Crippen molar-refractivity contribution in [3.8, 4) is 0 Å². The van der Waals surface area contributed by atoms with Gasteiger partial charge in [0.05, 0.1) is 10.7 Å². The highest BCUT2D eigenvalue weighted by atomic mass is 35.5. The summed E-state index contributed by atoms with van der Waals surface area (Å²) in [7, 11) is 0. The molecule has 0 unspecified atom stereocenters. The Morgan fingerprint density at radius 1 is 1.10 bits per heavy atom. The first kappa shape index (κ1) is 15.8. The zero-order chi connectivity index (χ0) is 15.4. The monoisotopic (exact) mass is 331 g/mol. The van der Waals surface area contributed by atoms with Crippen LogP contribution >= 0.6 is 23.2 Å². The van der Waals surface area contributed by atoms with Crippen LogP contribution in [0.2, 0.25) is 10.0 Å². The zero-order valence-electron chi connectivity index (χ0n) is 11.2. The minimum atomic E-state index is -0.814. The van der Waals surface area contributed by atoms with Crippen molar-refractivity contribution in [3.05, 3.63) is 45.9 Å². The smallest absolute Gasteiger partial charge is 0.169 e. The third-order valence-corrected chi connectivity index (χ3v) is 3.22. The van der Waals surface area contributed by atoms with Crippen molar-refractivity contribution in [1.82, 2.24) is 4.98 Å². The molecule has 0 aliphatic heterocycles.